The van der Waals surface area contributed by atoms with Crippen LogP contribution in [0.3, 0.4) is 0 Å². The van der Waals surface area contributed by atoms with E-state index < -0.39 is 28.7 Å². The maximum Gasteiger partial charge on any atom is 0.405 e. The molecule has 0 aliphatic carbocycles. The van der Waals surface area contributed by atoms with Crippen LogP contribution in [0.4, 0.5) is 13.2 Å². The van der Waals surface area contributed by atoms with Gasteiger partial charge in [-0.25, -0.2) is 8.42 Å². The first kappa shape index (κ1) is 25.7. The van der Waals surface area contributed by atoms with E-state index in [2.05, 4.69) is 13.8 Å². The van der Waals surface area contributed by atoms with E-state index in [1.807, 2.05) is 12.1 Å². The van der Waals surface area contributed by atoms with Crippen LogP contribution in [0.5, 0.6) is 0 Å². The normalized spacial score (nSPS) is 15.4. The van der Waals surface area contributed by atoms with Crippen molar-refractivity contribution < 1.29 is 31.2 Å². The number of nitrogens with zero attached hydrogens (tertiary/aromatic N) is 2. The molecule has 2 aromatic rings. The van der Waals surface area contributed by atoms with Crippen molar-refractivity contribution in [3.63, 3.8) is 0 Å². The number of sulfonamides is 1. The maximum atomic E-state index is 12.9. The van der Waals surface area contributed by atoms with Crippen LogP contribution in [-0.2, 0) is 10.0 Å². The van der Waals surface area contributed by atoms with Crippen LogP contribution >= 0.6 is 0 Å². The summed E-state index contributed by atoms with van der Waals surface area (Å²) in [5, 5.41) is 1.74. The highest BCUT2D eigenvalue weighted by atomic mass is 32.2. The average Bonchev–Trinajstić information content (AvgIpc) is 2.82. The van der Waals surface area contributed by atoms with Crippen LogP contribution < -0.4 is 5.32 Å². The Labute approximate surface area is 196 Å². The molecule has 0 saturated carbocycles. The fraction of sp³-hybridized carbons (Fsp3) is 0.391. The molecule has 1 aliphatic heterocycles. The molecule has 0 bridgehead atoms. The Bertz CT molecular complexity index is 1120. The van der Waals surface area contributed by atoms with E-state index in [1.165, 1.54) is 28.6 Å². The van der Waals surface area contributed by atoms with Crippen LogP contribution in [0.15, 0.2) is 53.4 Å². The zero-order valence-electron chi connectivity index (χ0n) is 18.8. The van der Waals surface area contributed by atoms with Gasteiger partial charge in [-0.1, -0.05) is 26.0 Å². The van der Waals surface area contributed by atoms with Gasteiger partial charge in [-0.15, -0.1) is 0 Å². The fourth-order valence-corrected chi connectivity index (χ4v) is 4.96. The number of hydrogen-bond acceptors (Lipinski definition) is 4. The SMILES string of the molecule is CC(C)c1ccc(C(=O)N2CCN(S(=O)(=O)c3ccc(C(=O)NCC(F)(F)F)cc3)CC2)cc1. The quantitative estimate of drug-likeness (QED) is 0.664. The van der Waals surface area contributed by atoms with Gasteiger partial charge in [0, 0.05) is 37.3 Å². The summed E-state index contributed by atoms with van der Waals surface area (Å²) >= 11 is 0. The highest BCUT2D eigenvalue weighted by Gasteiger charge is 2.31. The zero-order valence-corrected chi connectivity index (χ0v) is 19.6. The molecule has 2 aromatic carbocycles. The number of carbonyl (C=O) groups excluding carboxylic acids is 2. The van der Waals surface area contributed by atoms with Gasteiger partial charge in [0.15, 0.2) is 0 Å². The first-order chi connectivity index (χ1) is 15.9. The first-order valence-electron chi connectivity index (χ1n) is 10.7. The Kier molecular flexibility index (Phi) is 7.67. The smallest absolute Gasteiger partial charge is 0.343 e. The third-order valence-corrected chi connectivity index (χ3v) is 7.47. The van der Waals surface area contributed by atoms with Gasteiger partial charge in [0.2, 0.25) is 10.0 Å². The molecular weight excluding hydrogens is 471 g/mol. The van der Waals surface area contributed by atoms with E-state index in [0.29, 0.717) is 11.5 Å². The predicted molar refractivity (Wildman–Crippen MR) is 120 cm³/mol. The highest BCUT2D eigenvalue weighted by molar-refractivity contribution is 7.89. The molecule has 0 atom stereocenters. The summed E-state index contributed by atoms with van der Waals surface area (Å²) < 4.78 is 63.9. The average molecular weight is 498 g/mol. The van der Waals surface area contributed by atoms with Crippen LogP contribution in [0.2, 0.25) is 0 Å². The van der Waals surface area contributed by atoms with Crippen molar-refractivity contribution in [3.8, 4) is 0 Å². The van der Waals surface area contributed by atoms with Crippen LogP contribution in [0.1, 0.15) is 46.0 Å². The number of hydrogen-bond donors (Lipinski definition) is 1. The number of alkyl halides is 3. The molecule has 1 fully saturated rings. The van der Waals surface area contributed by atoms with Gasteiger partial charge in [0.25, 0.3) is 11.8 Å². The molecule has 184 valence electrons. The summed E-state index contributed by atoms with van der Waals surface area (Å²) in [6.07, 6.45) is -4.54. The second-order valence-electron chi connectivity index (χ2n) is 8.30. The molecule has 34 heavy (non-hydrogen) atoms. The van der Waals surface area contributed by atoms with Gasteiger partial charge in [-0.3, -0.25) is 9.59 Å². The van der Waals surface area contributed by atoms with E-state index in [0.717, 1.165) is 5.56 Å². The van der Waals surface area contributed by atoms with Crippen molar-refractivity contribution in [3.05, 3.63) is 65.2 Å². The molecule has 2 amide bonds. The molecule has 0 aromatic heterocycles. The number of amides is 2. The third-order valence-electron chi connectivity index (χ3n) is 5.55. The summed E-state index contributed by atoms with van der Waals surface area (Å²) in [6, 6.07) is 12.1. The Morgan fingerprint density at radius 1 is 0.912 bits per heavy atom. The maximum absolute atomic E-state index is 12.9. The second-order valence-corrected chi connectivity index (χ2v) is 10.2. The van der Waals surface area contributed by atoms with Crippen LogP contribution in [0, 0.1) is 0 Å². The van der Waals surface area contributed by atoms with E-state index in [-0.39, 0.29) is 42.5 Å². The lowest BCUT2D eigenvalue weighted by molar-refractivity contribution is -0.123. The molecule has 1 aliphatic rings. The standard InChI is InChI=1S/C23H26F3N3O4S/c1-16(2)17-3-5-19(6-4-17)22(31)28-11-13-29(14-12-28)34(32,33)20-9-7-18(8-10-20)21(30)27-15-23(24,25)26/h3-10,16H,11-15H2,1-2H3,(H,27,30). The highest BCUT2D eigenvalue weighted by Crippen LogP contribution is 2.21. The van der Waals surface area contributed by atoms with E-state index in [1.54, 1.807) is 22.3 Å². The third kappa shape index (κ3) is 6.15. The molecule has 1 heterocycles. The molecule has 0 radical (unpaired) electrons. The molecular formula is C23H26F3N3O4S. The van der Waals surface area contributed by atoms with E-state index in [9.17, 15) is 31.2 Å². The van der Waals surface area contributed by atoms with Gasteiger partial charge in [-0.05, 0) is 47.9 Å². The minimum atomic E-state index is -4.54. The Hall–Kier alpha value is -2.92. The number of halogens is 3. The van der Waals surface area contributed by atoms with Gasteiger partial charge >= 0.3 is 6.18 Å². The van der Waals surface area contributed by atoms with Crippen molar-refractivity contribution in [2.75, 3.05) is 32.7 Å². The summed E-state index contributed by atoms with van der Waals surface area (Å²) in [5.41, 5.74) is 1.58. The summed E-state index contributed by atoms with van der Waals surface area (Å²) in [5.74, 6) is -0.766. The topological polar surface area (TPSA) is 86.8 Å². The summed E-state index contributed by atoms with van der Waals surface area (Å²) in [6.45, 7) is 3.30. The molecule has 0 spiro atoms. The lowest BCUT2D eigenvalue weighted by Gasteiger charge is -2.34. The van der Waals surface area contributed by atoms with Gasteiger partial charge < -0.3 is 10.2 Å². The second kappa shape index (κ2) is 10.1. The van der Waals surface area contributed by atoms with Crippen molar-refractivity contribution >= 4 is 21.8 Å². The monoisotopic (exact) mass is 497 g/mol. The van der Waals surface area contributed by atoms with E-state index >= 15 is 0 Å². The van der Waals surface area contributed by atoms with Crippen LogP contribution in [0.25, 0.3) is 0 Å². The summed E-state index contributed by atoms with van der Waals surface area (Å²) in [4.78, 5) is 26.1. The molecule has 1 N–H and O–H groups in total. The van der Waals surface area contributed by atoms with Crippen molar-refractivity contribution in [1.82, 2.24) is 14.5 Å². The first-order valence-corrected chi connectivity index (χ1v) is 12.2. The minimum absolute atomic E-state index is 0.0797. The zero-order chi connectivity index (χ0) is 25.1. The number of piperazine rings is 1. The molecule has 11 heteroatoms. The van der Waals surface area contributed by atoms with Crippen molar-refractivity contribution in [1.29, 1.82) is 0 Å². The Balaban J connectivity index is 1.61. The largest absolute Gasteiger partial charge is 0.405 e. The van der Waals surface area contributed by atoms with E-state index in [4.69, 9.17) is 0 Å². The lowest BCUT2D eigenvalue weighted by Crippen LogP contribution is -2.50. The Morgan fingerprint density at radius 3 is 1.94 bits per heavy atom. The van der Waals surface area contributed by atoms with Gasteiger partial charge in [-0.2, -0.15) is 17.5 Å². The minimum Gasteiger partial charge on any atom is -0.343 e. The number of rotatable bonds is 6. The lowest BCUT2D eigenvalue weighted by atomic mass is 10.0. The van der Waals surface area contributed by atoms with Crippen molar-refractivity contribution in [2.45, 2.75) is 30.8 Å². The van der Waals surface area contributed by atoms with Gasteiger partial charge in [0.05, 0.1) is 4.90 Å². The predicted octanol–water partition coefficient (Wildman–Crippen LogP) is 3.25. The van der Waals surface area contributed by atoms with Crippen molar-refractivity contribution in [2.24, 2.45) is 0 Å². The molecule has 0 unspecified atom stereocenters. The Morgan fingerprint density at radius 2 is 1.44 bits per heavy atom. The number of carbonyl (C=O) groups is 2. The number of benzene rings is 2. The molecule has 3 rings (SSSR count). The molecule has 1 saturated heterocycles. The molecule has 7 nitrogen and oxygen atoms in total. The fourth-order valence-electron chi connectivity index (χ4n) is 3.53. The summed E-state index contributed by atoms with van der Waals surface area (Å²) in [7, 11) is -3.89. The van der Waals surface area contributed by atoms with Crippen LogP contribution in [-0.4, -0.2) is 68.3 Å². The number of nitrogens with one attached hydrogen (secondary N) is 1. The van der Waals surface area contributed by atoms with Gasteiger partial charge in [0.1, 0.15) is 6.54 Å².